The molecule has 0 aliphatic heterocycles. The molecular weight excluding hydrogens is 364 g/mol. The lowest BCUT2D eigenvalue weighted by Crippen LogP contribution is -1.97. The lowest BCUT2D eigenvalue weighted by Gasteiger charge is -2.08. The van der Waals surface area contributed by atoms with Crippen molar-refractivity contribution in [1.29, 1.82) is 5.41 Å². The summed E-state index contributed by atoms with van der Waals surface area (Å²) in [4.78, 5) is 4.21. The van der Waals surface area contributed by atoms with Gasteiger partial charge < -0.3 is 5.41 Å². The first kappa shape index (κ1) is 19.3. The number of benzene rings is 4. The molecule has 0 radical (unpaired) electrons. The summed E-state index contributed by atoms with van der Waals surface area (Å²) in [5.74, 6) is 0. The van der Waals surface area contributed by atoms with Gasteiger partial charge in [0.15, 0.2) is 0 Å². The van der Waals surface area contributed by atoms with Crippen molar-refractivity contribution in [2.45, 2.75) is 0 Å². The van der Waals surface area contributed by atoms with E-state index in [1.165, 1.54) is 0 Å². The Balaban J connectivity index is 1.65. The van der Waals surface area contributed by atoms with Gasteiger partial charge in [0, 0.05) is 11.1 Å². The van der Waals surface area contributed by atoms with Crippen LogP contribution in [0.5, 0.6) is 0 Å². The zero-order chi connectivity index (χ0) is 20.8. The Morgan fingerprint density at radius 2 is 1.07 bits per heavy atom. The summed E-state index contributed by atoms with van der Waals surface area (Å²) in [6.45, 7) is 3.74. The van der Waals surface area contributed by atoms with Crippen LogP contribution in [0.3, 0.4) is 0 Å². The third-order valence-electron chi connectivity index (χ3n) is 5.00. The first-order valence-corrected chi connectivity index (χ1v) is 9.83. The highest BCUT2D eigenvalue weighted by Gasteiger charge is 2.07. The molecule has 0 spiro atoms. The SMILES string of the molecule is C=N/C(=C\C(=N)c1cccc(-c2ccccc2)c1)c1cccc(-c2ccccc2)c1. The van der Waals surface area contributed by atoms with Crippen molar-refractivity contribution in [2.24, 2.45) is 4.99 Å². The largest absolute Gasteiger partial charge is 0.300 e. The van der Waals surface area contributed by atoms with E-state index >= 15 is 0 Å². The first-order valence-electron chi connectivity index (χ1n) is 9.83. The van der Waals surface area contributed by atoms with E-state index in [4.69, 9.17) is 5.41 Å². The van der Waals surface area contributed by atoms with Crippen LogP contribution < -0.4 is 0 Å². The highest BCUT2D eigenvalue weighted by atomic mass is 14.7. The van der Waals surface area contributed by atoms with Gasteiger partial charge in [0.25, 0.3) is 0 Å². The third-order valence-corrected chi connectivity index (χ3v) is 5.00. The minimum absolute atomic E-state index is 0.403. The smallest absolute Gasteiger partial charge is 0.0716 e. The molecule has 0 unspecified atom stereocenters. The molecule has 0 fully saturated rings. The summed E-state index contributed by atoms with van der Waals surface area (Å²) < 4.78 is 0. The Morgan fingerprint density at radius 1 is 0.600 bits per heavy atom. The fraction of sp³-hybridized carbons (Fsp3) is 0. The van der Waals surface area contributed by atoms with E-state index in [0.717, 1.165) is 33.4 Å². The molecule has 4 aromatic carbocycles. The average molecular weight is 386 g/mol. The maximum Gasteiger partial charge on any atom is 0.0716 e. The Bertz CT molecular complexity index is 1210. The maximum atomic E-state index is 8.63. The number of hydrogen-bond donors (Lipinski definition) is 1. The lowest BCUT2D eigenvalue weighted by atomic mass is 9.99. The zero-order valence-electron chi connectivity index (χ0n) is 16.6. The minimum Gasteiger partial charge on any atom is -0.300 e. The highest BCUT2D eigenvalue weighted by Crippen LogP contribution is 2.25. The van der Waals surface area contributed by atoms with Gasteiger partial charge in [-0.2, -0.15) is 0 Å². The summed E-state index contributed by atoms with van der Waals surface area (Å²) in [6.07, 6.45) is 1.78. The predicted octanol–water partition coefficient (Wildman–Crippen LogP) is 7.13. The van der Waals surface area contributed by atoms with Crippen LogP contribution in [0.2, 0.25) is 0 Å². The van der Waals surface area contributed by atoms with E-state index in [2.05, 4.69) is 54.2 Å². The molecule has 2 heteroatoms. The van der Waals surface area contributed by atoms with Gasteiger partial charge in [0.05, 0.1) is 11.4 Å². The molecule has 0 aliphatic rings. The molecule has 0 saturated carbocycles. The Kier molecular flexibility index (Phi) is 5.77. The van der Waals surface area contributed by atoms with E-state index < -0.39 is 0 Å². The number of aliphatic imine (C=N–C) groups is 1. The molecule has 0 bridgehead atoms. The Hall–Kier alpha value is -4.04. The van der Waals surface area contributed by atoms with E-state index in [0.29, 0.717) is 11.4 Å². The van der Waals surface area contributed by atoms with E-state index in [1.807, 2.05) is 66.7 Å². The van der Waals surface area contributed by atoms with E-state index in [9.17, 15) is 0 Å². The van der Waals surface area contributed by atoms with E-state index in [-0.39, 0.29) is 0 Å². The van der Waals surface area contributed by atoms with Gasteiger partial charge in [-0.25, -0.2) is 0 Å². The maximum absolute atomic E-state index is 8.63. The number of rotatable bonds is 6. The molecule has 4 aromatic rings. The van der Waals surface area contributed by atoms with Crippen molar-refractivity contribution in [3.05, 3.63) is 126 Å². The number of allylic oxidation sites excluding steroid dienone is 1. The second-order valence-electron chi connectivity index (χ2n) is 7.00. The molecule has 144 valence electrons. The molecule has 0 aliphatic carbocycles. The van der Waals surface area contributed by atoms with Crippen molar-refractivity contribution < 1.29 is 0 Å². The Morgan fingerprint density at radius 3 is 1.60 bits per heavy atom. The van der Waals surface area contributed by atoms with Gasteiger partial charge in [-0.05, 0) is 47.2 Å². The van der Waals surface area contributed by atoms with Crippen molar-refractivity contribution in [3.63, 3.8) is 0 Å². The van der Waals surface area contributed by atoms with Crippen LogP contribution in [0.4, 0.5) is 0 Å². The van der Waals surface area contributed by atoms with Gasteiger partial charge in [-0.3, -0.25) is 4.99 Å². The standard InChI is InChI=1S/C28H22N2/c1-30-28(26-17-9-15-24(19-26)22-12-6-3-7-13-22)20-27(29)25-16-8-14-23(18-25)21-10-4-2-5-11-21/h2-20,29H,1H2/b28-20-,29-27?. The fourth-order valence-corrected chi connectivity index (χ4v) is 3.43. The number of nitrogens with one attached hydrogen (secondary N) is 1. The molecule has 2 nitrogen and oxygen atoms in total. The predicted molar refractivity (Wildman–Crippen MR) is 128 cm³/mol. The number of hydrogen-bond acceptors (Lipinski definition) is 2. The van der Waals surface area contributed by atoms with Crippen LogP contribution in [0.15, 0.2) is 120 Å². The summed E-state index contributed by atoms with van der Waals surface area (Å²) in [7, 11) is 0. The van der Waals surface area contributed by atoms with E-state index in [1.54, 1.807) is 6.08 Å². The van der Waals surface area contributed by atoms with Gasteiger partial charge in [-0.15, -0.1) is 0 Å². The molecule has 30 heavy (non-hydrogen) atoms. The van der Waals surface area contributed by atoms with Crippen molar-refractivity contribution in [2.75, 3.05) is 0 Å². The first-order chi connectivity index (χ1) is 14.7. The van der Waals surface area contributed by atoms with Crippen LogP contribution in [-0.4, -0.2) is 12.4 Å². The molecule has 0 saturated heterocycles. The third kappa shape index (κ3) is 4.34. The van der Waals surface area contributed by atoms with Crippen molar-refractivity contribution in [1.82, 2.24) is 0 Å². The number of nitrogens with zero attached hydrogens (tertiary/aromatic N) is 1. The van der Waals surface area contributed by atoms with Crippen LogP contribution in [-0.2, 0) is 0 Å². The van der Waals surface area contributed by atoms with Crippen molar-refractivity contribution in [3.8, 4) is 22.3 Å². The highest BCUT2D eigenvalue weighted by molar-refractivity contribution is 6.11. The molecular formula is C28H22N2. The molecule has 0 atom stereocenters. The zero-order valence-corrected chi connectivity index (χ0v) is 16.6. The average Bonchev–Trinajstić information content (AvgIpc) is 2.83. The molecule has 0 heterocycles. The van der Waals surface area contributed by atoms with Crippen LogP contribution in [0.25, 0.3) is 28.0 Å². The van der Waals surface area contributed by atoms with Crippen molar-refractivity contribution >= 4 is 18.1 Å². The van der Waals surface area contributed by atoms with Gasteiger partial charge in [-0.1, -0.05) is 97.1 Å². The van der Waals surface area contributed by atoms with Crippen LogP contribution in [0, 0.1) is 5.41 Å². The summed E-state index contributed by atoms with van der Waals surface area (Å²) in [5, 5.41) is 8.63. The normalized spacial score (nSPS) is 11.1. The molecule has 4 rings (SSSR count). The Labute approximate surface area is 177 Å². The van der Waals surface area contributed by atoms with Crippen LogP contribution >= 0.6 is 0 Å². The lowest BCUT2D eigenvalue weighted by molar-refractivity contribution is 1.47. The molecule has 0 aromatic heterocycles. The van der Waals surface area contributed by atoms with Gasteiger partial charge in [0.2, 0.25) is 0 Å². The molecule has 1 N–H and O–H groups in total. The fourth-order valence-electron chi connectivity index (χ4n) is 3.43. The summed E-state index contributed by atoms with van der Waals surface area (Å²) in [5.41, 5.74) is 7.35. The van der Waals surface area contributed by atoms with Gasteiger partial charge >= 0.3 is 0 Å². The second kappa shape index (κ2) is 8.97. The summed E-state index contributed by atoms with van der Waals surface area (Å²) >= 11 is 0. The second-order valence-corrected chi connectivity index (χ2v) is 7.00. The van der Waals surface area contributed by atoms with Gasteiger partial charge in [0.1, 0.15) is 0 Å². The minimum atomic E-state index is 0.403. The topological polar surface area (TPSA) is 36.2 Å². The van der Waals surface area contributed by atoms with Crippen LogP contribution in [0.1, 0.15) is 11.1 Å². The molecule has 0 amide bonds. The monoisotopic (exact) mass is 386 g/mol. The summed E-state index contributed by atoms with van der Waals surface area (Å²) in [6, 6.07) is 36.6. The quantitative estimate of drug-likeness (QED) is 0.342.